The largest absolute Gasteiger partial charge is 0.472 e. The molecule has 3 rings (SSSR count). The predicted molar refractivity (Wildman–Crippen MR) is 169 cm³/mol. The summed E-state index contributed by atoms with van der Waals surface area (Å²) in [5, 5.41) is 25.6. The fourth-order valence-corrected chi connectivity index (χ4v) is 6.47. The topological polar surface area (TPSA) is 171 Å². The molecule has 0 bridgehead atoms. The standard InChI is InChI=1S/C31H55N4O8P/c1-3-4-5-6-7-8-9-10-11-12-13-14-15-16-17-20-40-21-22-41-44(38,39)42-23-26-28(36)29(37)31(2,43-26)27-19-18-25-30(32)33-24-34-35(25)27/h18-19,24,26,28-29,36-37H,3-17,20-23H2,1-2H3,(H,38,39)(H2,32,33,34)/t26-,28-,29-,31+/m1/s1. The Morgan fingerprint density at radius 3 is 2.11 bits per heavy atom. The van der Waals surface area contributed by atoms with Crippen LogP contribution in [0.15, 0.2) is 18.5 Å². The average Bonchev–Trinajstić information content (AvgIpc) is 3.54. The lowest BCUT2D eigenvalue weighted by atomic mass is 9.93. The second kappa shape index (κ2) is 19.1. The van der Waals surface area contributed by atoms with Crippen LogP contribution in [-0.2, 0) is 28.7 Å². The molecular weight excluding hydrogens is 587 g/mol. The number of anilines is 1. The van der Waals surface area contributed by atoms with Crippen molar-refractivity contribution in [1.82, 2.24) is 14.6 Å². The average molecular weight is 643 g/mol. The number of phosphoric ester groups is 1. The van der Waals surface area contributed by atoms with Crippen molar-refractivity contribution >= 4 is 19.2 Å². The number of nitrogens with zero attached hydrogens (tertiary/aromatic N) is 3. The normalized spacial score (nSPS) is 23.4. The summed E-state index contributed by atoms with van der Waals surface area (Å²) >= 11 is 0. The van der Waals surface area contributed by atoms with Gasteiger partial charge in [-0.1, -0.05) is 96.8 Å². The van der Waals surface area contributed by atoms with Crippen LogP contribution in [0, 0.1) is 0 Å². The molecule has 0 aliphatic carbocycles. The number of unbranched alkanes of at least 4 members (excludes halogenated alkanes) is 14. The van der Waals surface area contributed by atoms with E-state index in [1.807, 2.05) is 0 Å². The fraction of sp³-hybridized carbons (Fsp3) is 0.806. The molecule has 1 saturated heterocycles. The maximum absolute atomic E-state index is 12.4. The van der Waals surface area contributed by atoms with Gasteiger partial charge >= 0.3 is 7.82 Å². The molecule has 1 aliphatic rings. The minimum absolute atomic E-state index is 0.113. The van der Waals surface area contributed by atoms with E-state index in [-0.39, 0.29) is 19.0 Å². The first-order valence-electron chi connectivity index (χ1n) is 16.5. The SMILES string of the molecule is CCCCCCCCCCCCCCCCCOCCOP(=O)(O)OC[C@H]1O[C@@](C)(c2ccc3c(N)ncnn23)[C@H](O)[C@@H]1O. The van der Waals surface area contributed by atoms with Crippen molar-refractivity contribution in [1.29, 1.82) is 0 Å². The smallest absolute Gasteiger partial charge is 0.387 e. The van der Waals surface area contributed by atoms with Gasteiger partial charge in [-0.2, -0.15) is 5.10 Å². The van der Waals surface area contributed by atoms with Gasteiger partial charge in [-0.15, -0.1) is 0 Å². The van der Waals surface area contributed by atoms with Gasteiger partial charge in [-0.05, 0) is 25.5 Å². The first-order valence-corrected chi connectivity index (χ1v) is 18.0. The van der Waals surface area contributed by atoms with Crippen LogP contribution in [0.25, 0.3) is 5.52 Å². The van der Waals surface area contributed by atoms with Gasteiger partial charge in [0, 0.05) is 6.61 Å². The van der Waals surface area contributed by atoms with Crippen LogP contribution >= 0.6 is 7.82 Å². The summed E-state index contributed by atoms with van der Waals surface area (Å²) in [5.74, 6) is 0.250. The second-order valence-corrected chi connectivity index (χ2v) is 13.5. The number of rotatable bonds is 24. The fourth-order valence-electron chi connectivity index (χ4n) is 5.75. The van der Waals surface area contributed by atoms with E-state index in [2.05, 4.69) is 17.0 Å². The van der Waals surface area contributed by atoms with Crippen molar-refractivity contribution in [2.45, 2.75) is 134 Å². The summed E-state index contributed by atoms with van der Waals surface area (Å²) < 4.78 is 35.4. The summed E-state index contributed by atoms with van der Waals surface area (Å²) in [7, 11) is -4.43. The third kappa shape index (κ3) is 11.3. The molecule has 0 amide bonds. The van der Waals surface area contributed by atoms with Crippen molar-refractivity contribution in [3.63, 3.8) is 0 Å². The van der Waals surface area contributed by atoms with Gasteiger partial charge in [-0.25, -0.2) is 14.1 Å². The highest BCUT2D eigenvalue weighted by Crippen LogP contribution is 2.46. The van der Waals surface area contributed by atoms with Crippen LogP contribution in [0.1, 0.15) is 116 Å². The van der Waals surface area contributed by atoms with Crippen LogP contribution in [0.3, 0.4) is 0 Å². The maximum Gasteiger partial charge on any atom is 0.472 e. The number of nitrogens with two attached hydrogens (primary N) is 1. The molecule has 44 heavy (non-hydrogen) atoms. The summed E-state index contributed by atoms with van der Waals surface area (Å²) in [5.41, 5.74) is 5.46. The molecule has 252 valence electrons. The highest BCUT2D eigenvalue weighted by Gasteiger charge is 2.54. The van der Waals surface area contributed by atoms with Crippen molar-refractivity contribution in [2.75, 3.05) is 32.2 Å². The van der Waals surface area contributed by atoms with Crippen molar-refractivity contribution in [2.24, 2.45) is 0 Å². The number of ether oxygens (including phenoxy) is 2. The number of fused-ring (bicyclic) bond motifs is 1. The minimum Gasteiger partial charge on any atom is -0.387 e. The molecule has 5 N–H and O–H groups in total. The Morgan fingerprint density at radius 2 is 1.50 bits per heavy atom. The van der Waals surface area contributed by atoms with Crippen molar-refractivity contribution in [3.8, 4) is 0 Å². The molecular formula is C31H55N4O8P. The Labute approximate surface area is 262 Å². The number of hydrogen-bond acceptors (Lipinski definition) is 10. The zero-order chi connectivity index (χ0) is 31.8. The van der Waals surface area contributed by atoms with E-state index < -0.39 is 38.3 Å². The van der Waals surface area contributed by atoms with Crippen LogP contribution in [0.5, 0.6) is 0 Å². The van der Waals surface area contributed by atoms with Gasteiger partial charge in [0.15, 0.2) is 5.82 Å². The summed E-state index contributed by atoms with van der Waals surface area (Å²) in [6.07, 6.45) is 16.9. The van der Waals surface area contributed by atoms with Crippen LogP contribution < -0.4 is 5.73 Å². The van der Waals surface area contributed by atoms with Crippen LogP contribution in [-0.4, -0.2) is 74.4 Å². The third-order valence-electron chi connectivity index (χ3n) is 8.43. The molecule has 2 aromatic rings. The minimum atomic E-state index is -4.43. The molecule has 1 aliphatic heterocycles. The van der Waals surface area contributed by atoms with E-state index in [0.717, 1.165) is 12.8 Å². The summed E-state index contributed by atoms with van der Waals surface area (Å²) in [6.45, 7) is 4.00. The first-order chi connectivity index (χ1) is 21.2. The molecule has 0 aromatic carbocycles. The molecule has 0 spiro atoms. The number of phosphoric acid groups is 1. The van der Waals surface area contributed by atoms with E-state index in [9.17, 15) is 19.7 Å². The van der Waals surface area contributed by atoms with E-state index in [1.54, 1.807) is 19.1 Å². The molecule has 1 fully saturated rings. The Balaban J connectivity index is 1.20. The number of hydrogen-bond donors (Lipinski definition) is 4. The monoisotopic (exact) mass is 642 g/mol. The van der Waals surface area contributed by atoms with Crippen molar-refractivity contribution in [3.05, 3.63) is 24.2 Å². The number of aliphatic hydroxyl groups excluding tert-OH is 2. The highest BCUT2D eigenvalue weighted by atomic mass is 31.2. The van der Waals surface area contributed by atoms with Crippen LogP contribution in [0.2, 0.25) is 0 Å². The third-order valence-corrected chi connectivity index (χ3v) is 9.42. The molecule has 5 atom stereocenters. The summed E-state index contributed by atoms with van der Waals surface area (Å²) in [4.78, 5) is 14.0. The number of aliphatic hydroxyl groups is 2. The maximum atomic E-state index is 12.4. The zero-order valence-corrected chi connectivity index (χ0v) is 27.5. The molecule has 13 heteroatoms. The Hall–Kier alpha value is -1.63. The number of aromatic nitrogens is 3. The zero-order valence-electron chi connectivity index (χ0n) is 26.6. The molecule has 2 aromatic heterocycles. The Morgan fingerprint density at radius 1 is 0.909 bits per heavy atom. The molecule has 0 saturated carbocycles. The van der Waals surface area contributed by atoms with Crippen molar-refractivity contribution < 1.29 is 38.2 Å². The van der Waals surface area contributed by atoms with E-state index >= 15 is 0 Å². The lowest BCUT2D eigenvalue weighted by molar-refractivity contribution is -0.0889. The van der Waals surface area contributed by atoms with E-state index in [1.165, 1.54) is 94.3 Å². The molecule has 3 heterocycles. The molecule has 0 radical (unpaired) electrons. The molecule has 12 nitrogen and oxygen atoms in total. The van der Waals surface area contributed by atoms with Crippen LogP contribution in [0.4, 0.5) is 5.82 Å². The van der Waals surface area contributed by atoms with Gasteiger partial charge in [0.25, 0.3) is 0 Å². The Bertz CT molecular complexity index is 1140. The lowest BCUT2D eigenvalue weighted by Crippen LogP contribution is -2.39. The lowest BCUT2D eigenvalue weighted by Gasteiger charge is -2.27. The van der Waals surface area contributed by atoms with Gasteiger partial charge in [0.2, 0.25) is 0 Å². The first kappa shape index (κ1) is 36.8. The predicted octanol–water partition coefficient (Wildman–Crippen LogP) is 5.67. The van der Waals surface area contributed by atoms with E-state index in [4.69, 9.17) is 24.3 Å². The second-order valence-electron chi connectivity index (χ2n) is 12.0. The van der Waals surface area contributed by atoms with Gasteiger partial charge in [0.05, 0.1) is 25.5 Å². The highest BCUT2D eigenvalue weighted by molar-refractivity contribution is 7.47. The summed E-state index contributed by atoms with van der Waals surface area (Å²) in [6, 6.07) is 3.35. The number of nitrogen functional groups attached to an aromatic ring is 1. The van der Waals surface area contributed by atoms with Gasteiger partial charge in [-0.3, -0.25) is 9.05 Å². The van der Waals surface area contributed by atoms with Gasteiger partial charge < -0.3 is 30.3 Å². The molecule has 1 unspecified atom stereocenters. The van der Waals surface area contributed by atoms with E-state index in [0.29, 0.717) is 17.8 Å². The van der Waals surface area contributed by atoms with Gasteiger partial charge in [0.1, 0.15) is 35.8 Å². The quantitative estimate of drug-likeness (QED) is 0.0822. The Kier molecular flexibility index (Phi) is 16.0.